The van der Waals surface area contributed by atoms with E-state index in [1.807, 2.05) is 0 Å². The van der Waals surface area contributed by atoms with Crippen LogP contribution in [0.3, 0.4) is 0 Å². The van der Waals surface area contributed by atoms with Crippen molar-refractivity contribution in [2.75, 3.05) is 5.73 Å². The maximum Gasteiger partial charge on any atom is 0.167 e. The number of hydrogen-bond acceptors (Lipinski definition) is 5. The summed E-state index contributed by atoms with van der Waals surface area (Å²) in [6.45, 7) is 0. The molecular weight excluding hydrogens is 206 g/mol. The Hall–Kier alpha value is -1.69. The topological polar surface area (TPSA) is 89.9 Å². The summed E-state index contributed by atoms with van der Waals surface area (Å²) in [6.07, 6.45) is 6.52. The maximum atomic E-state index is 10.5. The minimum atomic E-state index is -0.852. The van der Waals surface area contributed by atoms with Crippen LogP contribution in [0.2, 0.25) is 0 Å². The van der Waals surface area contributed by atoms with Gasteiger partial charge in [0.05, 0.1) is 6.33 Å². The van der Waals surface area contributed by atoms with Gasteiger partial charge in [-0.25, -0.2) is 15.0 Å². The molecule has 2 aromatic rings. The monoisotopic (exact) mass is 219 g/mol. The van der Waals surface area contributed by atoms with Crippen molar-refractivity contribution in [3.63, 3.8) is 0 Å². The molecule has 6 heteroatoms. The smallest absolute Gasteiger partial charge is 0.167 e. The number of fused-ring (bicyclic) bond motifs is 1. The first-order chi connectivity index (χ1) is 7.71. The molecule has 0 unspecified atom stereocenters. The largest absolute Gasteiger partial charge is 0.382 e. The molecule has 0 radical (unpaired) electrons. The highest BCUT2D eigenvalue weighted by Crippen LogP contribution is 2.35. The van der Waals surface area contributed by atoms with Gasteiger partial charge in [0.1, 0.15) is 17.6 Å². The summed E-state index contributed by atoms with van der Waals surface area (Å²) in [5.74, 6) is 0.352. The lowest BCUT2D eigenvalue weighted by Gasteiger charge is -2.23. The van der Waals surface area contributed by atoms with E-state index in [2.05, 4.69) is 15.0 Å². The lowest BCUT2D eigenvalue weighted by Crippen LogP contribution is -2.29. The number of nitrogen functional groups attached to an aromatic ring is 1. The van der Waals surface area contributed by atoms with Crippen molar-refractivity contribution in [2.24, 2.45) is 0 Å². The molecule has 0 aromatic carbocycles. The molecule has 2 aromatic heterocycles. The number of aromatic nitrogens is 4. The Bertz CT molecular complexity index is 529. The minimum absolute atomic E-state index is 0.352. The lowest BCUT2D eigenvalue weighted by molar-refractivity contribution is -0.0271. The van der Waals surface area contributed by atoms with Gasteiger partial charge in [0.15, 0.2) is 11.5 Å². The molecule has 2 heterocycles. The van der Waals surface area contributed by atoms with Crippen molar-refractivity contribution in [1.82, 2.24) is 19.5 Å². The zero-order valence-corrected chi connectivity index (χ0v) is 8.80. The van der Waals surface area contributed by atoms with Crippen LogP contribution in [-0.2, 0) is 5.72 Å². The lowest BCUT2D eigenvalue weighted by atomic mass is 10.2. The van der Waals surface area contributed by atoms with Gasteiger partial charge in [-0.2, -0.15) is 0 Å². The van der Waals surface area contributed by atoms with Crippen LogP contribution in [0.4, 0.5) is 5.82 Å². The molecule has 3 N–H and O–H groups in total. The first-order valence-electron chi connectivity index (χ1n) is 5.37. The van der Waals surface area contributed by atoms with E-state index in [1.54, 1.807) is 10.9 Å². The van der Waals surface area contributed by atoms with Crippen LogP contribution < -0.4 is 5.73 Å². The summed E-state index contributed by atoms with van der Waals surface area (Å²) in [7, 11) is 0. The third-order valence-corrected chi connectivity index (χ3v) is 3.21. The second kappa shape index (κ2) is 3.15. The number of nitrogens with two attached hydrogens (primary N) is 1. The second-order valence-corrected chi connectivity index (χ2v) is 4.24. The van der Waals surface area contributed by atoms with Crippen LogP contribution in [0.5, 0.6) is 0 Å². The number of rotatable bonds is 1. The second-order valence-electron chi connectivity index (χ2n) is 4.24. The van der Waals surface area contributed by atoms with E-state index in [1.165, 1.54) is 6.33 Å². The molecule has 0 bridgehead atoms. The predicted octanol–water partition coefficient (Wildman–Crippen LogP) is 0.628. The van der Waals surface area contributed by atoms with E-state index in [9.17, 15) is 5.11 Å². The fourth-order valence-electron chi connectivity index (χ4n) is 2.34. The van der Waals surface area contributed by atoms with Gasteiger partial charge in [-0.1, -0.05) is 0 Å². The molecule has 6 nitrogen and oxygen atoms in total. The van der Waals surface area contributed by atoms with Gasteiger partial charge in [-0.05, 0) is 25.7 Å². The first kappa shape index (κ1) is 9.53. The van der Waals surface area contributed by atoms with E-state index in [0.717, 1.165) is 25.7 Å². The molecular formula is C10H13N5O. The Morgan fingerprint density at radius 1 is 1.25 bits per heavy atom. The van der Waals surface area contributed by atoms with Gasteiger partial charge in [0.2, 0.25) is 0 Å². The van der Waals surface area contributed by atoms with E-state index in [4.69, 9.17) is 5.73 Å². The van der Waals surface area contributed by atoms with Gasteiger partial charge < -0.3 is 10.8 Å². The fraction of sp³-hybridized carbons (Fsp3) is 0.500. The van der Waals surface area contributed by atoms with Crippen LogP contribution >= 0.6 is 0 Å². The Morgan fingerprint density at radius 2 is 2.00 bits per heavy atom. The molecule has 1 saturated carbocycles. The predicted molar refractivity (Wildman–Crippen MR) is 58.4 cm³/mol. The van der Waals surface area contributed by atoms with Gasteiger partial charge in [-0.3, -0.25) is 4.57 Å². The van der Waals surface area contributed by atoms with E-state index in [-0.39, 0.29) is 0 Å². The number of hydrogen-bond donors (Lipinski definition) is 2. The molecule has 0 amide bonds. The Morgan fingerprint density at radius 3 is 2.75 bits per heavy atom. The van der Waals surface area contributed by atoms with Crippen LogP contribution in [0.1, 0.15) is 25.7 Å². The molecule has 1 fully saturated rings. The molecule has 16 heavy (non-hydrogen) atoms. The average Bonchev–Trinajstić information content (AvgIpc) is 2.85. The van der Waals surface area contributed by atoms with Crippen molar-refractivity contribution >= 4 is 17.0 Å². The van der Waals surface area contributed by atoms with Crippen molar-refractivity contribution in [3.8, 4) is 0 Å². The SMILES string of the molecule is Nc1ncnc2c1ncn2C1(O)CCCC1. The minimum Gasteiger partial charge on any atom is -0.382 e. The first-order valence-corrected chi connectivity index (χ1v) is 5.37. The zero-order chi connectivity index (χ0) is 11.2. The molecule has 0 saturated heterocycles. The number of imidazole rings is 1. The number of aliphatic hydroxyl groups is 1. The normalized spacial score (nSPS) is 19.3. The quantitative estimate of drug-likeness (QED) is 0.734. The summed E-state index contributed by atoms with van der Waals surface area (Å²) in [6, 6.07) is 0. The van der Waals surface area contributed by atoms with Crippen LogP contribution in [-0.4, -0.2) is 24.6 Å². The van der Waals surface area contributed by atoms with Crippen molar-refractivity contribution in [2.45, 2.75) is 31.4 Å². The van der Waals surface area contributed by atoms with Gasteiger partial charge >= 0.3 is 0 Å². The molecule has 0 atom stereocenters. The summed E-state index contributed by atoms with van der Waals surface area (Å²) >= 11 is 0. The zero-order valence-electron chi connectivity index (χ0n) is 8.80. The number of nitrogens with zero attached hydrogens (tertiary/aromatic N) is 4. The van der Waals surface area contributed by atoms with Crippen molar-refractivity contribution < 1.29 is 5.11 Å². The Balaban J connectivity index is 2.21. The highest BCUT2D eigenvalue weighted by atomic mass is 16.3. The van der Waals surface area contributed by atoms with Crippen LogP contribution in [0, 0.1) is 0 Å². The molecule has 1 aliphatic carbocycles. The maximum absolute atomic E-state index is 10.5. The third-order valence-electron chi connectivity index (χ3n) is 3.21. The average molecular weight is 219 g/mol. The van der Waals surface area contributed by atoms with Crippen LogP contribution in [0.15, 0.2) is 12.7 Å². The summed E-state index contributed by atoms with van der Waals surface area (Å²) in [4.78, 5) is 12.2. The Labute approximate surface area is 92.1 Å². The van der Waals surface area contributed by atoms with E-state index in [0.29, 0.717) is 17.0 Å². The highest BCUT2D eigenvalue weighted by molar-refractivity contribution is 5.81. The summed E-state index contributed by atoms with van der Waals surface area (Å²) < 4.78 is 1.72. The molecule has 0 spiro atoms. The number of anilines is 1. The highest BCUT2D eigenvalue weighted by Gasteiger charge is 2.34. The molecule has 3 rings (SSSR count). The molecule has 1 aliphatic rings. The van der Waals surface area contributed by atoms with Crippen molar-refractivity contribution in [3.05, 3.63) is 12.7 Å². The Kier molecular flexibility index (Phi) is 1.88. The third kappa shape index (κ3) is 1.19. The van der Waals surface area contributed by atoms with Crippen LogP contribution in [0.25, 0.3) is 11.2 Å². The summed E-state index contributed by atoms with van der Waals surface area (Å²) in [5, 5.41) is 10.5. The molecule has 0 aliphatic heterocycles. The van der Waals surface area contributed by atoms with E-state index >= 15 is 0 Å². The van der Waals surface area contributed by atoms with Crippen molar-refractivity contribution in [1.29, 1.82) is 0 Å². The fourth-order valence-corrected chi connectivity index (χ4v) is 2.34. The van der Waals surface area contributed by atoms with Gasteiger partial charge in [-0.15, -0.1) is 0 Å². The molecule has 84 valence electrons. The van der Waals surface area contributed by atoms with E-state index < -0.39 is 5.72 Å². The van der Waals surface area contributed by atoms with Gasteiger partial charge in [0.25, 0.3) is 0 Å². The summed E-state index contributed by atoms with van der Waals surface area (Å²) in [5.41, 5.74) is 6.02. The standard InChI is InChI=1S/C10H13N5O/c11-8-7-9(13-5-12-8)15(6-14-7)10(16)3-1-2-4-10/h5-6,16H,1-4H2,(H2,11,12,13). The van der Waals surface area contributed by atoms with Gasteiger partial charge in [0, 0.05) is 0 Å².